The molecule has 0 unspecified atom stereocenters. The lowest BCUT2D eigenvalue weighted by molar-refractivity contribution is 0.1000. The minimum absolute atomic E-state index is 0.222. The maximum Gasteiger partial charge on any atom is 0.256 e. The van der Waals surface area contributed by atoms with Gasteiger partial charge in [-0.2, -0.15) is 0 Å². The van der Waals surface area contributed by atoms with Gasteiger partial charge in [-0.3, -0.25) is 14.5 Å². The van der Waals surface area contributed by atoms with E-state index in [1.807, 2.05) is 36.4 Å². The number of amides is 2. The lowest BCUT2D eigenvalue weighted by Crippen LogP contribution is -2.30. The monoisotopic (exact) mass is 379 g/mol. The summed E-state index contributed by atoms with van der Waals surface area (Å²) in [7, 11) is 0. The summed E-state index contributed by atoms with van der Waals surface area (Å²) in [5, 5.41) is 5.40. The highest BCUT2D eigenvalue weighted by Crippen LogP contribution is 2.37. The molecule has 1 aliphatic heterocycles. The molecule has 0 saturated carbocycles. The van der Waals surface area contributed by atoms with Gasteiger partial charge in [0.05, 0.1) is 5.56 Å². The van der Waals surface area contributed by atoms with Gasteiger partial charge in [0.15, 0.2) is 0 Å². The Labute approximate surface area is 161 Å². The number of nitrogens with one attached hydrogen (secondary N) is 1. The van der Waals surface area contributed by atoms with E-state index >= 15 is 0 Å². The summed E-state index contributed by atoms with van der Waals surface area (Å²) >= 11 is 1.46. The van der Waals surface area contributed by atoms with E-state index in [0.29, 0.717) is 16.1 Å². The number of anilines is 1. The SMILES string of the molecule is CCN1CCc2c(sc(NC(=O)c3cccc4ccccc34)c2C(N)=O)C1. The number of thiophene rings is 1. The maximum absolute atomic E-state index is 13.0. The fourth-order valence-corrected chi connectivity index (χ4v) is 4.96. The molecule has 1 aliphatic rings. The number of primary amides is 1. The van der Waals surface area contributed by atoms with Crippen molar-refractivity contribution in [2.75, 3.05) is 18.4 Å². The maximum atomic E-state index is 13.0. The highest BCUT2D eigenvalue weighted by atomic mass is 32.1. The van der Waals surface area contributed by atoms with Crippen LogP contribution < -0.4 is 11.1 Å². The van der Waals surface area contributed by atoms with Crippen LogP contribution in [0.25, 0.3) is 10.8 Å². The molecule has 0 saturated heterocycles. The molecule has 27 heavy (non-hydrogen) atoms. The summed E-state index contributed by atoms with van der Waals surface area (Å²) in [6, 6.07) is 13.4. The highest BCUT2D eigenvalue weighted by Gasteiger charge is 2.27. The zero-order chi connectivity index (χ0) is 19.0. The van der Waals surface area contributed by atoms with Crippen LogP contribution in [-0.4, -0.2) is 29.8 Å². The van der Waals surface area contributed by atoms with Gasteiger partial charge in [0, 0.05) is 23.5 Å². The zero-order valence-electron chi connectivity index (χ0n) is 15.1. The van der Waals surface area contributed by atoms with Crippen molar-refractivity contribution in [1.82, 2.24) is 4.90 Å². The quantitative estimate of drug-likeness (QED) is 0.727. The topological polar surface area (TPSA) is 75.4 Å². The lowest BCUT2D eigenvalue weighted by Gasteiger charge is -2.25. The number of nitrogens with two attached hydrogens (primary N) is 1. The predicted molar refractivity (Wildman–Crippen MR) is 109 cm³/mol. The molecular weight excluding hydrogens is 358 g/mol. The zero-order valence-corrected chi connectivity index (χ0v) is 15.9. The summed E-state index contributed by atoms with van der Waals surface area (Å²) in [6.45, 7) is 4.77. The molecule has 3 aromatic rings. The average Bonchev–Trinajstić information content (AvgIpc) is 3.04. The van der Waals surface area contributed by atoms with E-state index in [9.17, 15) is 9.59 Å². The van der Waals surface area contributed by atoms with Crippen molar-refractivity contribution in [3.63, 3.8) is 0 Å². The molecule has 0 aliphatic carbocycles. The normalized spacial score (nSPS) is 14.1. The van der Waals surface area contributed by atoms with Crippen molar-refractivity contribution < 1.29 is 9.59 Å². The van der Waals surface area contributed by atoms with Gasteiger partial charge in [-0.15, -0.1) is 11.3 Å². The summed E-state index contributed by atoms with van der Waals surface area (Å²) in [6.07, 6.45) is 0.780. The van der Waals surface area contributed by atoms with Crippen molar-refractivity contribution in [3.8, 4) is 0 Å². The average molecular weight is 379 g/mol. The lowest BCUT2D eigenvalue weighted by atomic mass is 10.0. The molecule has 6 heteroatoms. The Hall–Kier alpha value is -2.70. The number of likely N-dealkylation sites (N-methyl/N-ethyl adjacent to an activating group) is 1. The molecular formula is C21H21N3O2S. The van der Waals surface area contributed by atoms with Gasteiger partial charge >= 0.3 is 0 Å². The van der Waals surface area contributed by atoms with Crippen LogP contribution in [0.3, 0.4) is 0 Å². The number of carbonyl (C=O) groups excluding carboxylic acids is 2. The molecule has 4 rings (SSSR count). The molecule has 2 heterocycles. The first-order valence-corrected chi connectivity index (χ1v) is 9.86. The van der Waals surface area contributed by atoms with Gasteiger partial charge < -0.3 is 11.1 Å². The summed E-state index contributed by atoms with van der Waals surface area (Å²) in [5.41, 5.74) is 7.71. The summed E-state index contributed by atoms with van der Waals surface area (Å²) in [5.74, 6) is -0.703. The van der Waals surface area contributed by atoms with Gasteiger partial charge in [0.25, 0.3) is 11.8 Å². The Morgan fingerprint density at radius 2 is 1.96 bits per heavy atom. The second-order valence-electron chi connectivity index (χ2n) is 6.67. The van der Waals surface area contributed by atoms with E-state index in [1.54, 1.807) is 6.07 Å². The summed E-state index contributed by atoms with van der Waals surface area (Å²) < 4.78 is 0. The van der Waals surface area contributed by atoms with Crippen LogP contribution in [0.4, 0.5) is 5.00 Å². The standard InChI is InChI=1S/C21H21N3O2S/c1-2-24-11-10-16-17(12-24)27-21(18(16)19(22)25)23-20(26)15-9-5-7-13-6-3-4-8-14(13)15/h3-9H,2,10-12H2,1H3,(H2,22,25)(H,23,26). The predicted octanol–water partition coefficient (Wildman–Crippen LogP) is 3.63. The van der Waals surface area contributed by atoms with E-state index < -0.39 is 5.91 Å². The first-order valence-electron chi connectivity index (χ1n) is 9.04. The van der Waals surface area contributed by atoms with Crippen LogP contribution in [0.1, 0.15) is 38.1 Å². The number of hydrogen-bond acceptors (Lipinski definition) is 4. The fraction of sp³-hybridized carbons (Fsp3) is 0.238. The Morgan fingerprint density at radius 1 is 1.19 bits per heavy atom. The van der Waals surface area contributed by atoms with Crippen LogP contribution >= 0.6 is 11.3 Å². The number of carbonyl (C=O) groups is 2. The largest absolute Gasteiger partial charge is 0.365 e. The van der Waals surface area contributed by atoms with Gasteiger partial charge in [-0.25, -0.2) is 0 Å². The van der Waals surface area contributed by atoms with E-state index in [1.165, 1.54) is 11.3 Å². The molecule has 0 fully saturated rings. The van der Waals surface area contributed by atoms with Crippen molar-refractivity contribution in [1.29, 1.82) is 0 Å². The second-order valence-corrected chi connectivity index (χ2v) is 7.78. The Morgan fingerprint density at radius 3 is 2.74 bits per heavy atom. The van der Waals surface area contributed by atoms with Gasteiger partial charge in [0.1, 0.15) is 5.00 Å². The number of hydrogen-bond donors (Lipinski definition) is 2. The van der Waals surface area contributed by atoms with Gasteiger partial charge in [-0.1, -0.05) is 43.3 Å². The molecule has 138 valence electrons. The molecule has 0 radical (unpaired) electrons. The molecule has 2 aromatic carbocycles. The number of fused-ring (bicyclic) bond motifs is 2. The van der Waals surface area contributed by atoms with E-state index in [2.05, 4.69) is 17.1 Å². The Balaban J connectivity index is 1.71. The number of rotatable bonds is 4. The van der Waals surface area contributed by atoms with Crippen LogP contribution in [0.2, 0.25) is 0 Å². The van der Waals surface area contributed by atoms with Crippen LogP contribution in [0, 0.1) is 0 Å². The van der Waals surface area contributed by atoms with Crippen molar-refractivity contribution in [3.05, 3.63) is 64.0 Å². The molecule has 3 N–H and O–H groups in total. The molecule has 0 spiro atoms. The third-order valence-electron chi connectivity index (χ3n) is 5.09. The number of nitrogens with zero attached hydrogens (tertiary/aromatic N) is 1. The second kappa shape index (κ2) is 7.13. The number of benzene rings is 2. The first-order chi connectivity index (χ1) is 13.1. The molecule has 0 bridgehead atoms. The molecule has 1 aromatic heterocycles. The Kier molecular flexibility index (Phi) is 4.68. The third kappa shape index (κ3) is 3.22. The molecule has 5 nitrogen and oxygen atoms in total. The van der Waals surface area contributed by atoms with Crippen molar-refractivity contribution >= 4 is 38.9 Å². The van der Waals surface area contributed by atoms with Crippen molar-refractivity contribution in [2.24, 2.45) is 5.73 Å². The van der Waals surface area contributed by atoms with Crippen LogP contribution in [-0.2, 0) is 13.0 Å². The highest BCUT2D eigenvalue weighted by molar-refractivity contribution is 7.17. The third-order valence-corrected chi connectivity index (χ3v) is 6.22. The first kappa shape index (κ1) is 17.7. The van der Waals surface area contributed by atoms with E-state index in [-0.39, 0.29) is 5.91 Å². The fourth-order valence-electron chi connectivity index (χ4n) is 3.67. The van der Waals surface area contributed by atoms with Crippen LogP contribution in [0.15, 0.2) is 42.5 Å². The smallest absolute Gasteiger partial charge is 0.256 e. The van der Waals surface area contributed by atoms with E-state index in [0.717, 1.165) is 47.3 Å². The minimum atomic E-state index is -0.481. The molecule has 0 atom stereocenters. The molecule has 2 amide bonds. The van der Waals surface area contributed by atoms with E-state index in [4.69, 9.17) is 5.73 Å². The van der Waals surface area contributed by atoms with Crippen molar-refractivity contribution in [2.45, 2.75) is 19.9 Å². The van der Waals surface area contributed by atoms with Gasteiger partial charge in [0.2, 0.25) is 0 Å². The van der Waals surface area contributed by atoms with Gasteiger partial charge in [-0.05, 0) is 35.4 Å². The summed E-state index contributed by atoms with van der Waals surface area (Å²) in [4.78, 5) is 28.5. The van der Waals surface area contributed by atoms with Crippen LogP contribution in [0.5, 0.6) is 0 Å². The minimum Gasteiger partial charge on any atom is -0.365 e. The Bertz CT molecular complexity index is 1040.